The van der Waals surface area contributed by atoms with Gasteiger partial charge < -0.3 is 10.2 Å². The third-order valence-electron chi connectivity index (χ3n) is 4.58. The molecule has 0 spiro atoms. The first-order valence-electron chi connectivity index (χ1n) is 9.06. The predicted molar refractivity (Wildman–Crippen MR) is 106 cm³/mol. The first-order chi connectivity index (χ1) is 13.0. The maximum Gasteiger partial charge on any atom is 0.245 e. The van der Waals surface area contributed by atoms with Crippen LogP contribution in [0.1, 0.15) is 37.7 Å². The Morgan fingerprint density at radius 2 is 1.96 bits per heavy atom. The van der Waals surface area contributed by atoms with Gasteiger partial charge in [-0.1, -0.05) is 42.1 Å². The molecule has 2 aromatic rings. The second-order valence-electron chi connectivity index (χ2n) is 6.64. The molecule has 1 aromatic carbocycles. The van der Waals surface area contributed by atoms with Gasteiger partial charge in [-0.3, -0.25) is 9.59 Å². The second-order valence-corrected chi connectivity index (χ2v) is 7.48. The van der Waals surface area contributed by atoms with Crippen molar-refractivity contribution in [2.75, 3.05) is 18.4 Å². The monoisotopic (exact) mass is 408 g/mol. The van der Waals surface area contributed by atoms with Crippen LogP contribution in [0.15, 0.2) is 30.5 Å². The Kier molecular flexibility index (Phi) is 6.74. The van der Waals surface area contributed by atoms with E-state index < -0.39 is 0 Å². The van der Waals surface area contributed by atoms with Crippen molar-refractivity contribution in [3.05, 3.63) is 46.1 Å². The molecule has 1 aliphatic rings. The van der Waals surface area contributed by atoms with Crippen LogP contribution < -0.4 is 5.32 Å². The maximum absolute atomic E-state index is 12.4. The molecule has 1 aromatic heterocycles. The van der Waals surface area contributed by atoms with Gasteiger partial charge in [0.1, 0.15) is 5.82 Å². The Morgan fingerprint density at radius 1 is 1.15 bits per heavy atom. The molecule has 1 aliphatic heterocycles. The highest BCUT2D eigenvalue weighted by atomic mass is 35.5. The minimum Gasteiger partial charge on any atom is -0.333 e. The zero-order valence-electron chi connectivity index (χ0n) is 15.0. The minimum atomic E-state index is -0.229. The number of halogens is 2. The molecule has 0 saturated carbocycles. The molecule has 6 nitrogen and oxygen atoms in total. The van der Waals surface area contributed by atoms with Crippen molar-refractivity contribution in [3.63, 3.8) is 0 Å². The van der Waals surface area contributed by atoms with Gasteiger partial charge in [-0.05, 0) is 30.5 Å². The van der Waals surface area contributed by atoms with Crippen LogP contribution in [0, 0.1) is 0 Å². The number of likely N-dealkylation sites (tertiary alicyclic amines) is 1. The quantitative estimate of drug-likeness (QED) is 0.813. The summed E-state index contributed by atoms with van der Waals surface area (Å²) in [5.74, 6) is 0.379. The van der Waals surface area contributed by atoms with Gasteiger partial charge in [0.25, 0.3) is 0 Å². The van der Waals surface area contributed by atoms with E-state index in [4.69, 9.17) is 23.2 Å². The molecule has 0 radical (unpaired) electrons. The minimum absolute atomic E-state index is 0.0475. The zero-order valence-corrected chi connectivity index (χ0v) is 16.5. The van der Waals surface area contributed by atoms with Gasteiger partial charge in [0.05, 0.1) is 19.3 Å². The van der Waals surface area contributed by atoms with Gasteiger partial charge in [0, 0.05) is 29.1 Å². The van der Waals surface area contributed by atoms with Crippen molar-refractivity contribution in [1.29, 1.82) is 0 Å². The van der Waals surface area contributed by atoms with E-state index in [1.807, 2.05) is 6.07 Å². The number of hydrogen-bond donors (Lipinski definition) is 1. The second kappa shape index (κ2) is 9.24. The molecule has 8 heteroatoms. The summed E-state index contributed by atoms with van der Waals surface area (Å²) in [6.45, 7) is 1.10. The van der Waals surface area contributed by atoms with Crippen molar-refractivity contribution in [3.8, 4) is 0 Å². The van der Waals surface area contributed by atoms with Crippen molar-refractivity contribution < 1.29 is 9.59 Å². The number of aromatic nitrogens is 2. The molecular weight excluding hydrogens is 387 g/mol. The van der Waals surface area contributed by atoms with Gasteiger partial charge in [0.15, 0.2) is 0 Å². The zero-order chi connectivity index (χ0) is 19.2. The highest BCUT2D eigenvalue weighted by Crippen LogP contribution is 2.22. The third-order valence-corrected chi connectivity index (χ3v) is 5.16. The lowest BCUT2D eigenvalue weighted by Crippen LogP contribution is -2.39. The predicted octanol–water partition coefficient (Wildman–Crippen LogP) is 3.97. The van der Waals surface area contributed by atoms with Gasteiger partial charge in [0.2, 0.25) is 11.8 Å². The average molecular weight is 409 g/mol. The highest BCUT2D eigenvalue weighted by Gasteiger charge is 2.19. The van der Waals surface area contributed by atoms with Gasteiger partial charge >= 0.3 is 0 Å². The fourth-order valence-electron chi connectivity index (χ4n) is 3.11. The van der Waals surface area contributed by atoms with E-state index in [9.17, 15) is 9.59 Å². The summed E-state index contributed by atoms with van der Waals surface area (Å²) in [7, 11) is 0. The number of amides is 2. The van der Waals surface area contributed by atoms with E-state index in [1.54, 1.807) is 34.0 Å². The number of benzene rings is 1. The number of rotatable bonds is 5. The van der Waals surface area contributed by atoms with E-state index in [0.29, 0.717) is 35.4 Å². The van der Waals surface area contributed by atoms with E-state index in [0.717, 1.165) is 31.2 Å². The Hall–Kier alpha value is -2.05. The van der Waals surface area contributed by atoms with E-state index in [1.165, 1.54) is 0 Å². The lowest BCUT2D eigenvalue weighted by molar-refractivity contribution is -0.135. The van der Waals surface area contributed by atoms with Crippen LogP contribution >= 0.6 is 23.2 Å². The molecule has 0 bridgehead atoms. The molecule has 144 valence electrons. The summed E-state index contributed by atoms with van der Waals surface area (Å²) in [5, 5.41) is 8.20. The Bertz CT molecular complexity index is 822. The van der Waals surface area contributed by atoms with E-state index in [-0.39, 0.29) is 18.4 Å². The van der Waals surface area contributed by atoms with Gasteiger partial charge in [-0.15, -0.1) is 0 Å². The fourth-order valence-corrected chi connectivity index (χ4v) is 3.58. The highest BCUT2D eigenvalue weighted by molar-refractivity contribution is 6.35. The molecule has 1 N–H and O–H groups in total. The average Bonchev–Trinajstić information content (AvgIpc) is 3.04. The molecule has 2 heterocycles. The smallest absolute Gasteiger partial charge is 0.245 e. The van der Waals surface area contributed by atoms with Crippen LogP contribution in [-0.2, 0) is 16.1 Å². The lowest BCUT2D eigenvalue weighted by Gasteiger charge is -2.24. The molecule has 27 heavy (non-hydrogen) atoms. The van der Waals surface area contributed by atoms with Crippen LogP contribution in [0.4, 0.5) is 5.82 Å². The van der Waals surface area contributed by atoms with Gasteiger partial charge in [-0.25, -0.2) is 4.68 Å². The molecular formula is C19H22Cl2N4O2. The summed E-state index contributed by atoms with van der Waals surface area (Å²) in [6.07, 6.45) is 6.14. The number of carbonyl (C=O) groups excluding carboxylic acids is 2. The van der Waals surface area contributed by atoms with Crippen LogP contribution in [-0.4, -0.2) is 39.6 Å². The summed E-state index contributed by atoms with van der Waals surface area (Å²) >= 11 is 12.2. The Balaban J connectivity index is 1.63. The molecule has 2 amide bonds. The van der Waals surface area contributed by atoms with Crippen LogP contribution in [0.3, 0.4) is 0 Å². The number of nitrogens with one attached hydrogen (secondary N) is 1. The van der Waals surface area contributed by atoms with Crippen LogP contribution in [0.5, 0.6) is 0 Å². The largest absolute Gasteiger partial charge is 0.333 e. The van der Waals surface area contributed by atoms with Crippen molar-refractivity contribution in [1.82, 2.24) is 14.7 Å². The standard InChI is InChI=1S/C19H22Cl2N4O2/c20-15-7-6-14(16(21)11-15)12-25-17(8-9-22-25)23-18(26)13-24-10-4-2-1-3-5-19(24)27/h6-9,11H,1-5,10,12-13H2,(H,23,26). The van der Waals surface area contributed by atoms with Crippen LogP contribution in [0.25, 0.3) is 0 Å². The first kappa shape index (κ1) is 19.7. The number of carbonyl (C=O) groups is 2. The molecule has 0 atom stereocenters. The number of hydrogen-bond acceptors (Lipinski definition) is 3. The SMILES string of the molecule is O=C(CN1CCCCCCC1=O)Nc1ccnn1Cc1ccc(Cl)cc1Cl. The summed E-state index contributed by atoms with van der Waals surface area (Å²) in [6, 6.07) is 6.99. The fraction of sp³-hybridized carbons (Fsp3) is 0.421. The molecule has 0 aliphatic carbocycles. The third kappa shape index (κ3) is 5.47. The number of nitrogens with zero attached hydrogens (tertiary/aromatic N) is 3. The Morgan fingerprint density at radius 3 is 2.78 bits per heavy atom. The molecule has 1 fully saturated rings. The van der Waals surface area contributed by atoms with Crippen molar-refractivity contribution in [2.24, 2.45) is 0 Å². The van der Waals surface area contributed by atoms with Gasteiger partial charge in [-0.2, -0.15) is 5.10 Å². The summed E-state index contributed by atoms with van der Waals surface area (Å²) < 4.78 is 1.66. The molecule has 0 unspecified atom stereocenters. The van der Waals surface area contributed by atoms with Crippen LogP contribution in [0.2, 0.25) is 10.0 Å². The topological polar surface area (TPSA) is 67.2 Å². The first-order valence-corrected chi connectivity index (χ1v) is 9.82. The summed E-state index contributed by atoms with van der Waals surface area (Å²) in [5.41, 5.74) is 0.846. The van der Waals surface area contributed by atoms with Crippen molar-refractivity contribution >= 4 is 40.8 Å². The molecule has 1 saturated heterocycles. The molecule has 3 rings (SSSR count). The normalized spacial score (nSPS) is 15.3. The summed E-state index contributed by atoms with van der Waals surface area (Å²) in [4.78, 5) is 26.3. The van der Waals surface area contributed by atoms with E-state index in [2.05, 4.69) is 10.4 Å². The lowest BCUT2D eigenvalue weighted by atomic mass is 10.1. The van der Waals surface area contributed by atoms with Crippen molar-refractivity contribution in [2.45, 2.75) is 38.6 Å². The Labute approximate surface area is 168 Å². The maximum atomic E-state index is 12.4. The number of anilines is 1. The van der Waals surface area contributed by atoms with E-state index >= 15 is 0 Å².